The van der Waals surface area contributed by atoms with E-state index in [0.29, 0.717) is 21.1 Å². The molecule has 0 unspecified atom stereocenters. The SMILES string of the molecule is Cc1nc(N)sc1-c1csc(Nc2cn(C)c(Cl)cc2=O)n1. The van der Waals surface area contributed by atoms with Crippen LogP contribution in [0.3, 0.4) is 0 Å². The molecule has 3 rings (SSSR count). The number of aryl methyl sites for hydroxylation is 2. The van der Waals surface area contributed by atoms with E-state index in [9.17, 15) is 4.79 Å². The molecule has 0 saturated heterocycles. The van der Waals surface area contributed by atoms with Crippen molar-refractivity contribution in [2.75, 3.05) is 11.1 Å². The largest absolute Gasteiger partial charge is 0.375 e. The maximum atomic E-state index is 11.9. The van der Waals surface area contributed by atoms with Crippen molar-refractivity contribution < 1.29 is 0 Å². The summed E-state index contributed by atoms with van der Waals surface area (Å²) >= 11 is 8.70. The molecule has 3 heterocycles. The number of nitrogens with zero attached hydrogens (tertiary/aromatic N) is 3. The number of pyridine rings is 1. The first-order valence-corrected chi connectivity index (χ1v) is 8.33. The van der Waals surface area contributed by atoms with Crippen molar-refractivity contribution >= 4 is 50.2 Å². The van der Waals surface area contributed by atoms with E-state index in [1.165, 1.54) is 28.7 Å². The highest BCUT2D eigenvalue weighted by molar-refractivity contribution is 7.19. The van der Waals surface area contributed by atoms with Crippen molar-refractivity contribution in [2.24, 2.45) is 7.05 Å². The fourth-order valence-corrected chi connectivity index (χ4v) is 3.64. The average molecular weight is 354 g/mol. The summed E-state index contributed by atoms with van der Waals surface area (Å²) in [5, 5.41) is 6.45. The first-order chi connectivity index (χ1) is 10.4. The van der Waals surface area contributed by atoms with Gasteiger partial charge < -0.3 is 15.6 Å². The number of nitrogens with one attached hydrogen (secondary N) is 1. The van der Waals surface area contributed by atoms with E-state index in [1.807, 2.05) is 12.3 Å². The lowest BCUT2D eigenvalue weighted by atomic mass is 10.3. The Morgan fingerprint density at radius 3 is 2.86 bits per heavy atom. The van der Waals surface area contributed by atoms with E-state index in [1.54, 1.807) is 17.8 Å². The molecule has 114 valence electrons. The Kier molecular flexibility index (Phi) is 3.90. The molecular weight excluding hydrogens is 342 g/mol. The highest BCUT2D eigenvalue weighted by Gasteiger charge is 2.13. The lowest BCUT2D eigenvalue weighted by Crippen LogP contribution is -2.10. The van der Waals surface area contributed by atoms with Crippen LogP contribution in [0, 0.1) is 6.92 Å². The molecular formula is C13H12ClN5OS2. The molecule has 0 aliphatic rings. The third-order valence-electron chi connectivity index (χ3n) is 2.97. The first kappa shape index (κ1) is 15.0. The van der Waals surface area contributed by atoms with Gasteiger partial charge in [-0.15, -0.1) is 11.3 Å². The number of anilines is 3. The Hall–Kier alpha value is -1.90. The number of nitrogens with two attached hydrogens (primary N) is 1. The zero-order valence-corrected chi connectivity index (χ0v) is 14.1. The van der Waals surface area contributed by atoms with Gasteiger partial charge in [-0.25, -0.2) is 9.97 Å². The zero-order chi connectivity index (χ0) is 15.9. The predicted molar refractivity (Wildman–Crippen MR) is 92.3 cm³/mol. The molecule has 0 bridgehead atoms. The second-order valence-corrected chi connectivity index (χ2v) is 6.89. The van der Waals surface area contributed by atoms with Crippen LogP contribution >= 0.6 is 34.3 Å². The smallest absolute Gasteiger partial charge is 0.206 e. The van der Waals surface area contributed by atoms with Crippen molar-refractivity contribution in [2.45, 2.75) is 6.92 Å². The Balaban J connectivity index is 1.91. The first-order valence-electron chi connectivity index (χ1n) is 6.26. The fraction of sp³-hybridized carbons (Fsp3) is 0.154. The fourth-order valence-electron chi connectivity index (χ4n) is 1.91. The predicted octanol–water partition coefficient (Wildman–Crippen LogP) is 3.25. The molecule has 3 aromatic rings. The second-order valence-electron chi connectivity index (χ2n) is 4.61. The summed E-state index contributed by atoms with van der Waals surface area (Å²) < 4.78 is 1.66. The van der Waals surface area contributed by atoms with Crippen LogP contribution in [-0.4, -0.2) is 14.5 Å². The molecule has 0 aliphatic heterocycles. The van der Waals surface area contributed by atoms with E-state index < -0.39 is 0 Å². The van der Waals surface area contributed by atoms with Crippen LogP contribution in [0.15, 0.2) is 22.4 Å². The number of halogens is 1. The molecule has 0 fully saturated rings. The molecule has 3 aromatic heterocycles. The van der Waals surface area contributed by atoms with Gasteiger partial charge in [-0.05, 0) is 6.92 Å². The zero-order valence-electron chi connectivity index (χ0n) is 11.8. The summed E-state index contributed by atoms with van der Waals surface area (Å²) in [6.45, 7) is 1.89. The van der Waals surface area contributed by atoms with E-state index in [4.69, 9.17) is 17.3 Å². The van der Waals surface area contributed by atoms with Gasteiger partial charge >= 0.3 is 0 Å². The highest BCUT2D eigenvalue weighted by atomic mass is 35.5. The van der Waals surface area contributed by atoms with E-state index in [-0.39, 0.29) is 5.43 Å². The Morgan fingerprint density at radius 2 is 2.18 bits per heavy atom. The van der Waals surface area contributed by atoms with Crippen molar-refractivity contribution in [3.8, 4) is 10.6 Å². The average Bonchev–Trinajstić information content (AvgIpc) is 3.02. The van der Waals surface area contributed by atoms with Crippen molar-refractivity contribution in [1.29, 1.82) is 0 Å². The van der Waals surface area contributed by atoms with Crippen LogP contribution in [0.25, 0.3) is 10.6 Å². The van der Waals surface area contributed by atoms with Crippen molar-refractivity contribution in [1.82, 2.24) is 14.5 Å². The molecule has 0 atom stereocenters. The van der Waals surface area contributed by atoms with Crippen LogP contribution < -0.4 is 16.5 Å². The molecule has 0 saturated carbocycles. The molecule has 0 aromatic carbocycles. The maximum Gasteiger partial charge on any atom is 0.206 e. The van der Waals surface area contributed by atoms with Gasteiger partial charge in [-0.2, -0.15) is 0 Å². The number of aromatic nitrogens is 3. The molecule has 6 nitrogen and oxygen atoms in total. The summed E-state index contributed by atoms with van der Waals surface area (Å²) in [5.74, 6) is 0. The summed E-state index contributed by atoms with van der Waals surface area (Å²) in [7, 11) is 1.77. The van der Waals surface area contributed by atoms with Gasteiger partial charge in [0, 0.05) is 24.7 Å². The van der Waals surface area contributed by atoms with Crippen LogP contribution in [0.2, 0.25) is 5.15 Å². The van der Waals surface area contributed by atoms with Gasteiger partial charge in [0.2, 0.25) is 5.43 Å². The number of rotatable bonds is 3. The normalized spacial score (nSPS) is 10.9. The van der Waals surface area contributed by atoms with Gasteiger partial charge in [-0.1, -0.05) is 22.9 Å². The summed E-state index contributed by atoms with van der Waals surface area (Å²) in [6, 6.07) is 1.37. The Labute approximate surface area is 139 Å². The van der Waals surface area contributed by atoms with Gasteiger partial charge in [0.15, 0.2) is 10.3 Å². The summed E-state index contributed by atoms with van der Waals surface area (Å²) in [4.78, 5) is 21.5. The van der Waals surface area contributed by atoms with Gasteiger partial charge in [0.05, 0.1) is 16.3 Å². The lowest BCUT2D eigenvalue weighted by molar-refractivity contribution is 0.903. The van der Waals surface area contributed by atoms with E-state index >= 15 is 0 Å². The highest BCUT2D eigenvalue weighted by Crippen LogP contribution is 2.33. The van der Waals surface area contributed by atoms with E-state index in [0.717, 1.165) is 16.3 Å². The molecule has 0 aliphatic carbocycles. The summed E-state index contributed by atoms with van der Waals surface area (Å²) in [5.41, 5.74) is 7.60. The molecule has 22 heavy (non-hydrogen) atoms. The Bertz CT molecular complexity index is 898. The third kappa shape index (κ3) is 2.85. The Morgan fingerprint density at radius 1 is 1.41 bits per heavy atom. The maximum absolute atomic E-state index is 11.9. The van der Waals surface area contributed by atoms with Crippen LogP contribution in [-0.2, 0) is 7.05 Å². The minimum absolute atomic E-state index is 0.182. The number of hydrogen-bond donors (Lipinski definition) is 2. The number of nitrogen functional groups attached to an aromatic ring is 1. The quantitative estimate of drug-likeness (QED) is 0.706. The third-order valence-corrected chi connectivity index (χ3v) is 5.11. The molecule has 0 amide bonds. The summed E-state index contributed by atoms with van der Waals surface area (Å²) in [6.07, 6.45) is 1.64. The minimum atomic E-state index is -0.182. The standard InChI is InChI=1S/C13H12ClN5OS2/c1-6-11(22-12(15)16-6)8-5-21-13(18-8)17-7-4-19(2)10(14)3-9(7)20/h3-5H,1-2H3,(H2,15,16)(H,17,18). The van der Waals surface area contributed by atoms with Gasteiger partial charge in [0.25, 0.3) is 0 Å². The van der Waals surface area contributed by atoms with Crippen molar-refractivity contribution in [3.63, 3.8) is 0 Å². The lowest BCUT2D eigenvalue weighted by Gasteiger charge is -2.06. The molecule has 3 N–H and O–H groups in total. The van der Waals surface area contributed by atoms with Crippen LogP contribution in [0.1, 0.15) is 5.69 Å². The van der Waals surface area contributed by atoms with Gasteiger partial charge in [-0.3, -0.25) is 4.79 Å². The molecule has 9 heteroatoms. The van der Waals surface area contributed by atoms with Crippen LogP contribution in [0.5, 0.6) is 0 Å². The second kappa shape index (κ2) is 5.71. The monoisotopic (exact) mass is 353 g/mol. The topological polar surface area (TPSA) is 85.8 Å². The van der Waals surface area contributed by atoms with Crippen LogP contribution in [0.4, 0.5) is 16.0 Å². The van der Waals surface area contributed by atoms with Crippen molar-refractivity contribution in [3.05, 3.63) is 38.7 Å². The number of thiazole rings is 2. The van der Waals surface area contributed by atoms with Gasteiger partial charge in [0.1, 0.15) is 10.8 Å². The van der Waals surface area contributed by atoms with E-state index in [2.05, 4.69) is 15.3 Å². The number of hydrogen-bond acceptors (Lipinski definition) is 7. The molecule has 0 radical (unpaired) electrons. The molecule has 0 spiro atoms. The minimum Gasteiger partial charge on any atom is -0.375 e.